The Kier molecular flexibility index (Phi) is 7.51. The summed E-state index contributed by atoms with van der Waals surface area (Å²) in [5.74, 6) is -1.39. The number of ether oxygens (including phenoxy) is 1. The van der Waals surface area contributed by atoms with Crippen molar-refractivity contribution >= 4 is 56.7 Å². The average Bonchev–Trinajstić information content (AvgIpc) is 3.09. The Morgan fingerprint density at radius 3 is 2.31 bits per heavy atom. The Labute approximate surface area is 213 Å². The van der Waals surface area contributed by atoms with Gasteiger partial charge in [-0.15, -0.1) is 0 Å². The van der Waals surface area contributed by atoms with Gasteiger partial charge in [-0.1, -0.05) is 42.5 Å². The molecule has 1 atom stereocenters. The number of esters is 1. The number of halogens is 2. The Morgan fingerprint density at radius 2 is 1.69 bits per heavy atom. The molecule has 0 spiro atoms. The van der Waals surface area contributed by atoms with E-state index in [9.17, 15) is 22.8 Å². The fourth-order valence-corrected chi connectivity index (χ4v) is 7.22. The van der Waals surface area contributed by atoms with Gasteiger partial charge in [0.25, 0.3) is 5.91 Å². The molecule has 1 heterocycles. The van der Waals surface area contributed by atoms with E-state index in [1.165, 1.54) is 53.7 Å². The number of benzene rings is 2. The summed E-state index contributed by atoms with van der Waals surface area (Å²) < 4.78 is 34.0. The van der Waals surface area contributed by atoms with Crippen LogP contribution in [0.1, 0.15) is 45.4 Å². The molecule has 0 N–H and O–H groups in total. The Hall–Kier alpha value is -2.46. The summed E-state index contributed by atoms with van der Waals surface area (Å²) in [5.41, 5.74) is 0.264. The first-order valence-corrected chi connectivity index (χ1v) is 13.4. The van der Waals surface area contributed by atoms with E-state index in [1.807, 2.05) is 0 Å². The van der Waals surface area contributed by atoms with Crippen LogP contribution in [-0.2, 0) is 24.4 Å². The highest BCUT2D eigenvalue weighted by Gasteiger charge is 2.49. The van der Waals surface area contributed by atoms with Crippen LogP contribution in [-0.4, -0.2) is 42.6 Å². The quantitative estimate of drug-likeness (QED) is 0.303. The van der Waals surface area contributed by atoms with Gasteiger partial charge in [0.2, 0.25) is 15.9 Å². The molecule has 0 bridgehead atoms. The van der Waals surface area contributed by atoms with E-state index in [0.717, 1.165) is 24.2 Å². The normalized spacial score (nSPS) is 19.4. The van der Waals surface area contributed by atoms with Crippen LogP contribution >= 0.6 is 23.2 Å². The summed E-state index contributed by atoms with van der Waals surface area (Å²) >= 11 is 12.3. The summed E-state index contributed by atoms with van der Waals surface area (Å²) in [6.07, 6.45) is 3.46. The van der Waals surface area contributed by atoms with E-state index in [-0.39, 0.29) is 32.8 Å². The number of anilines is 1. The largest absolute Gasteiger partial charge is 0.427 e. The molecule has 1 saturated carbocycles. The van der Waals surface area contributed by atoms with Crippen molar-refractivity contribution in [2.24, 2.45) is 0 Å². The van der Waals surface area contributed by atoms with Crippen LogP contribution in [0.4, 0.5) is 5.69 Å². The van der Waals surface area contributed by atoms with Crippen molar-refractivity contribution in [1.29, 1.82) is 0 Å². The van der Waals surface area contributed by atoms with Gasteiger partial charge >= 0.3 is 5.97 Å². The number of hydrogen-bond donors (Lipinski definition) is 0. The summed E-state index contributed by atoms with van der Waals surface area (Å²) in [4.78, 5) is 38.5. The summed E-state index contributed by atoms with van der Waals surface area (Å²) in [5, 5.41) is 0.185. The second kappa shape index (κ2) is 10.3. The zero-order valence-electron chi connectivity index (χ0n) is 18.9. The van der Waals surface area contributed by atoms with E-state index in [4.69, 9.17) is 27.9 Å². The van der Waals surface area contributed by atoms with Crippen LogP contribution in [0.3, 0.4) is 0 Å². The van der Waals surface area contributed by atoms with Crippen molar-refractivity contribution < 1.29 is 27.5 Å². The van der Waals surface area contributed by atoms with E-state index in [0.29, 0.717) is 12.8 Å². The van der Waals surface area contributed by atoms with Crippen LogP contribution in [0.2, 0.25) is 10.0 Å². The molecule has 2 fully saturated rings. The van der Waals surface area contributed by atoms with Crippen molar-refractivity contribution in [2.75, 3.05) is 4.90 Å². The molecule has 2 aromatic carbocycles. The van der Waals surface area contributed by atoms with Gasteiger partial charge in [-0.25, -0.2) is 13.3 Å². The number of sulfonamides is 1. The highest BCUT2D eigenvalue weighted by atomic mass is 35.5. The zero-order chi connectivity index (χ0) is 25.3. The molecule has 186 valence electrons. The average molecular weight is 539 g/mol. The molecule has 8 nitrogen and oxygen atoms in total. The Balaban J connectivity index is 1.71. The molecule has 2 aromatic rings. The third-order valence-electron chi connectivity index (χ3n) is 6.17. The Morgan fingerprint density at radius 1 is 1.03 bits per heavy atom. The molecular weight excluding hydrogens is 515 g/mol. The number of hydrogen-bond acceptors (Lipinski definition) is 6. The molecule has 35 heavy (non-hydrogen) atoms. The first-order valence-electron chi connectivity index (χ1n) is 11.2. The van der Waals surface area contributed by atoms with Crippen molar-refractivity contribution in [3.05, 3.63) is 52.5 Å². The smallest absolute Gasteiger partial charge is 0.308 e. The van der Waals surface area contributed by atoms with Crippen LogP contribution in [0.25, 0.3) is 0 Å². The topological polar surface area (TPSA) is 101 Å². The number of rotatable bonds is 6. The maximum Gasteiger partial charge on any atom is 0.308 e. The first kappa shape index (κ1) is 25.6. The maximum atomic E-state index is 13.9. The summed E-state index contributed by atoms with van der Waals surface area (Å²) in [6.45, 7) is 1.26. The van der Waals surface area contributed by atoms with Gasteiger partial charge < -0.3 is 4.74 Å². The molecule has 1 saturated heterocycles. The number of carbonyl (C=O) groups is 3. The molecule has 1 unspecified atom stereocenters. The van der Waals surface area contributed by atoms with Gasteiger partial charge in [0.05, 0.1) is 17.1 Å². The fraction of sp³-hybridized carbons (Fsp3) is 0.375. The molecule has 1 aliphatic heterocycles. The van der Waals surface area contributed by atoms with Gasteiger partial charge in [0, 0.05) is 18.0 Å². The van der Waals surface area contributed by atoms with E-state index < -0.39 is 39.9 Å². The SMILES string of the molecule is CC(=O)Oc1ccc(N2C(=O)CC(N(C3CCCCC3)S(=O)(=O)c3cc(Cl)ccc3Cl)C2=O)cc1. The highest BCUT2D eigenvalue weighted by molar-refractivity contribution is 7.89. The summed E-state index contributed by atoms with van der Waals surface area (Å²) in [6, 6.07) is 8.37. The third-order valence-corrected chi connectivity index (χ3v) is 8.85. The lowest BCUT2D eigenvalue weighted by Crippen LogP contribution is -2.51. The minimum Gasteiger partial charge on any atom is -0.427 e. The number of carbonyl (C=O) groups excluding carboxylic acids is 3. The number of imide groups is 1. The van der Waals surface area contributed by atoms with Gasteiger partial charge in [-0.05, 0) is 55.3 Å². The van der Waals surface area contributed by atoms with E-state index in [1.54, 1.807) is 0 Å². The molecular formula is C24H24Cl2N2O6S. The summed E-state index contributed by atoms with van der Waals surface area (Å²) in [7, 11) is -4.26. The van der Waals surface area contributed by atoms with Crippen molar-refractivity contribution in [3.63, 3.8) is 0 Å². The van der Waals surface area contributed by atoms with Gasteiger partial charge in [-0.2, -0.15) is 4.31 Å². The molecule has 4 rings (SSSR count). The minimum absolute atomic E-state index is 0.00935. The van der Waals surface area contributed by atoms with Crippen LogP contribution in [0.15, 0.2) is 47.4 Å². The molecule has 2 aliphatic rings. The number of amides is 2. The lowest BCUT2D eigenvalue weighted by molar-refractivity contribution is -0.132. The lowest BCUT2D eigenvalue weighted by atomic mass is 9.94. The van der Waals surface area contributed by atoms with E-state index >= 15 is 0 Å². The fourth-order valence-electron chi connectivity index (χ4n) is 4.66. The standard InChI is InChI=1S/C24H24Cl2N2O6S/c1-15(29)34-19-10-8-17(9-11-19)27-23(30)14-21(24(27)31)28(18-5-3-2-4-6-18)35(32,33)22-13-16(25)7-12-20(22)26/h7-13,18,21H,2-6,14H2,1H3. The molecule has 0 radical (unpaired) electrons. The van der Waals surface area contributed by atoms with Gasteiger partial charge in [0.1, 0.15) is 16.7 Å². The molecule has 0 aromatic heterocycles. The van der Waals surface area contributed by atoms with Gasteiger partial charge in [-0.3, -0.25) is 14.4 Å². The van der Waals surface area contributed by atoms with E-state index in [2.05, 4.69) is 0 Å². The monoisotopic (exact) mass is 538 g/mol. The van der Waals surface area contributed by atoms with Crippen LogP contribution < -0.4 is 9.64 Å². The van der Waals surface area contributed by atoms with Crippen LogP contribution in [0, 0.1) is 0 Å². The van der Waals surface area contributed by atoms with Crippen LogP contribution in [0.5, 0.6) is 5.75 Å². The molecule has 2 amide bonds. The predicted octanol–water partition coefficient (Wildman–Crippen LogP) is 4.57. The molecule has 1 aliphatic carbocycles. The second-order valence-electron chi connectivity index (χ2n) is 8.58. The van der Waals surface area contributed by atoms with Gasteiger partial charge in [0.15, 0.2) is 0 Å². The molecule has 11 heteroatoms. The lowest BCUT2D eigenvalue weighted by Gasteiger charge is -2.36. The van der Waals surface area contributed by atoms with Crippen molar-refractivity contribution in [2.45, 2.75) is 62.4 Å². The van der Waals surface area contributed by atoms with Crippen molar-refractivity contribution in [1.82, 2.24) is 4.31 Å². The predicted molar refractivity (Wildman–Crippen MR) is 131 cm³/mol. The minimum atomic E-state index is -4.26. The highest BCUT2D eigenvalue weighted by Crippen LogP contribution is 2.37. The zero-order valence-corrected chi connectivity index (χ0v) is 21.3. The third kappa shape index (κ3) is 5.23. The maximum absolute atomic E-state index is 13.9. The first-order chi connectivity index (χ1) is 16.6. The van der Waals surface area contributed by atoms with Crippen molar-refractivity contribution in [3.8, 4) is 5.75 Å². The second-order valence-corrected chi connectivity index (χ2v) is 11.2. The number of nitrogens with zero attached hydrogens (tertiary/aromatic N) is 2. The Bertz CT molecular complexity index is 1260.